The van der Waals surface area contributed by atoms with Gasteiger partial charge in [-0.1, -0.05) is 35.5 Å². The third-order valence-electron chi connectivity index (χ3n) is 4.67. The number of rotatable bonds is 5. The van der Waals surface area contributed by atoms with Crippen LogP contribution in [-0.2, 0) is 0 Å². The summed E-state index contributed by atoms with van der Waals surface area (Å²) in [6, 6.07) is 19.4. The summed E-state index contributed by atoms with van der Waals surface area (Å²) in [4.78, 5) is 15.8. The highest BCUT2D eigenvalue weighted by Crippen LogP contribution is 2.50. The molecule has 0 radical (unpaired) electrons. The van der Waals surface area contributed by atoms with E-state index in [4.69, 9.17) is 4.74 Å². The van der Waals surface area contributed by atoms with Gasteiger partial charge in [-0.25, -0.2) is 4.79 Å². The largest absolute Gasteiger partial charge is 0.497 e. The van der Waals surface area contributed by atoms with Gasteiger partial charge in [0.1, 0.15) is 5.75 Å². The van der Waals surface area contributed by atoms with Crippen molar-refractivity contribution in [1.82, 2.24) is 0 Å². The van der Waals surface area contributed by atoms with Crippen molar-refractivity contribution < 1.29 is 14.6 Å². The molecule has 0 atom stereocenters. The molecule has 2 N–H and O–H groups in total. The number of anilines is 3. The number of benzene rings is 3. The van der Waals surface area contributed by atoms with Crippen molar-refractivity contribution in [3.05, 3.63) is 71.8 Å². The van der Waals surface area contributed by atoms with Gasteiger partial charge in [0, 0.05) is 15.5 Å². The zero-order chi connectivity index (χ0) is 19.7. The Hall–Kier alpha value is -3.12. The first kappa shape index (κ1) is 18.3. The van der Waals surface area contributed by atoms with E-state index in [0.29, 0.717) is 12.4 Å². The van der Waals surface area contributed by atoms with Crippen LogP contribution in [0.15, 0.2) is 70.5 Å². The molecule has 142 valence electrons. The second kappa shape index (κ2) is 7.48. The Morgan fingerprint density at radius 1 is 1.11 bits per heavy atom. The first-order valence-corrected chi connectivity index (χ1v) is 9.69. The van der Waals surface area contributed by atoms with Crippen LogP contribution in [0.3, 0.4) is 0 Å². The standard InChI is InChI=1S/C22H20N2O3S/c1-14-6-8-15(9-7-14)23-13-24-18-11-10-16(27-2)12-20(18)28-19-5-3-4-17(21(19)24)22(25)26/h3-12,23H,13H2,1-2H3,(H,25,26). The summed E-state index contributed by atoms with van der Waals surface area (Å²) >= 11 is 1.56. The molecule has 5 nitrogen and oxygen atoms in total. The Morgan fingerprint density at radius 3 is 2.61 bits per heavy atom. The second-order valence-corrected chi connectivity index (χ2v) is 7.61. The van der Waals surface area contributed by atoms with Gasteiger partial charge in [0.15, 0.2) is 0 Å². The average molecular weight is 392 g/mol. The summed E-state index contributed by atoms with van der Waals surface area (Å²) in [7, 11) is 1.64. The molecule has 0 saturated carbocycles. The summed E-state index contributed by atoms with van der Waals surface area (Å²) in [5.74, 6) is -0.162. The van der Waals surface area contributed by atoms with Crippen LogP contribution >= 0.6 is 11.8 Å². The van der Waals surface area contributed by atoms with E-state index in [1.54, 1.807) is 31.0 Å². The Balaban J connectivity index is 1.76. The highest BCUT2D eigenvalue weighted by Gasteiger charge is 2.28. The molecular weight excluding hydrogens is 372 g/mol. The van der Waals surface area contributed by atoms with E-state index in [1.807, 2.05) is 60.4 Å². The fourth-order valence-corrected chi connectivity index (χ4v) is 4.38. The number of para-hydroxylation sites is 1. The number of nitrogens with zero attached hydrogens (tertiary/aromatic N) is 1. The number of aromatic carboxylic acids is 1. The number of fused-ring (bicyclic) bond motifs is 2. The van der Waals surface area contributed by atoms with Crippen LogP contribution in [0.5, 0.6) is 5.75 Å². The van der Waals surface area contributed by atoms with Gasteiger partial charge < -0.3 is 20.1 Å². The van der Waals surface area contributed by atoms with Crippen molar-refractivity contribution in [2.75, 3.05) is 24.0 Å². The van der Waals surface area contributed by atoms with Gasteiger partial charge in [-0.3, -0.25) is 0 Å². The molecule has 28 heavy (non-hydrogen) atoms. The van der Waals surface area contributed by atoms with E-state index in [-0.39, 0.29) is 5.56 Å². The number of ether oxygens (including phenoxy) is 1. The van der Waals surface area contributed by atoms with Gasteiger partial charge in [-0.15, -0.1) is 0 Å². The van der Waals surface area contributed by atoms with Crippen LogP contribution in [0.2, 0.25) is 0 Å². The summed E-state index contributed by atoms with van der Waals surface area (Å²) < 4.78 is 5.36. The normalized spacial score (nSPS) is 12.1. The van der Waals surface area contributed by atoms with E-state index in [9.17, 15) is 9.90 Å². The lowest BCUT2D eigenvalue weighted by Crippen LogP contribution is -2.28. The van der Waals surface area contributed by atoms with E-state index >= 15 is 0 Å². The summed E-state index contributed by atoms with van der Waals surface area (Å²) in [6.45, 7) is 2.49. The SMILES string of the molecule is COc1ccc2c(c1)Sc1cccc(C(=O)O)c1N2CNc1ccc(C)cc1. The van der Waals surface area contributed by atoms with Gasteiger partial charge in [-0.05, 0) is 49.4 Å². The van der Waals surface area contributed by atoms with Crippen molar-refractivity contribution in [3.8, 4) is 5.75 Å². The fraction of sp³-hybridized carbons (Fsp3) is 0.136. The Kier molecular flexibility index (Phi) is 4.88. The first-order valence-electron chi connectivity index (χ1n) is 8.87. The van der Waals surface area contributed by atoms with Crippen LogP contribution < -0.4 is 15.0 Å². The Morgan fingerprint density at radius 2 is 1.89 bits per heavy atom. The third kappa shape index (κ3) is 3.39. The molecule has 0 bridgehead atoms. The average Bonchev–Trinajstić information content (AvgIpc) is 2.71. The number of methoxy groups -OCH3 is 1. The zero-order valence-electron chi connectivity index (χ0n) is 15.6. The van der Waals surface area contributed by atoms with E-state index in [2.05, 4.69) is 5.32 Å². The predicted octanol–water partition coefficient (Wildman–Crippen LogP) is 5.37. The number of nitrogens with one attached hydrogen (secondary N) is 1. The van der Waals surface area contributed by atoms with Crippen LogP contribution in [0.1, 0.15) is 15.9 Å². The highest BCUT2D eigenvalue weighted by atomic mass is 32.2. The van der Waals surface area contributed by atoms with E-state index in [1.165, 1.54) is 5.56 Å². The maximum absolute atomic E-state index is 11.9. The molecule has 0 spiro atoms. The molecule has 0 saturated heterocycles. The van der Waals surface area contributed by atoms with Crippen molar-refractivity contribution in [2.24, 2.45) is 0 Å². The maximum atomic E-state index is 11.9. The summed E-state index contributed by atoms with van der Waals surface area (Å²) in [5.41, 5.74) is 4.12. The fourth-order valence-electron chi connectivity index (χ4n) is 3.23. The molecule has 4 rings (SSSR count). The number of carboxylic acids is 1. The number of aryl methyl sites for hydroxylation is 1. The number of carbonyl (C=O) groups is 1. The molecule has 0 fully saturated rings. The predicted molar refractivity (Wildman–Crippen MR) is 112 cm³/mol. The zero-order valence-corrected chi connectivity index (χ0v) is 16.4. The lowest BCUT2D eigenvalue weighted by atomic mass is 10.1. The van der Waals surface area contributed by atoms with Gasteiger partial charge in [-0.2, -0.15) is 0 Å². The van der Waals surface area contributed by atoms with Crippen molar-refractivity contribution in [1.29, 1.82) is 0 Å². The topological polar surface area (TPSA) is 61.8 Å². The third-order valence-corrected chi connectivity index (χ3v) is 5.77. The van der Waals surface area contributed by atoms with Gasteiger partial charge in [0.2, 0.25) is 0 Å². The molecule has 0 aromatic heterocycles. The van der Waals surface area contributed by atoms with Crippen molar-refractivity contribution >= 4 is 34.8 Å². The lowest BCUT2D eigenvalue weighted by molar-refractivity contribution is 0.0697. The van der Waals surface area contributed by atoms with Crippen molar-refractivity contribution in [3.63, 3.8) is 0 Å². The van der Waals surface area contributed by atoms with Crippen molar-refractivity contribution in [2.45, 2.75) is 16.7 Å². The van der Waals surface area contributed by atoms with E-state index < -0.39 is 5.97 Å². The lowest BCUT2D eigenvalue weighted by Gasteiger charge is -2.34. The quantitative estimate of drug-likeness (QED) is 0.608. The van der Waals surface area contributed by atoms with Gasteiger partial charge >= 0.3 is 5.97 Å². The summed E-state index contributed by atoms with van der Waals surface area (Å²) in [5, 5.41) is 13.1. The Labute approximate surface area is 168 Å². The molecule has 1 aliphatic rings. The van der Waals surface area contributed by atoms with Crippen LogP contribution in [0.4, 0.5) is 17.1 Å². The number of hydrogen-bond acceptors (Lipinski definition) is 5. The molecule has 0 amide bonds. The monoisotopic (exact) mass is 392 g/mol. The molecule has 6 heteroatoms. The molecule has 3 aromatic rings. The molecule has 0 unspecified atom stereocenters. The van der Waals surface area contributed by atoms with Gasteiger partial charge in [0.05, 0.1) is 30.7 Å². The van der Waals surface area contributed by atoms with Crippen LogP contribution in [0.25, 0.3) is 0 Å². The van der Waals surface area contributed by atoms with Gasteiger partial charge in [0.25, 0.3) is 0 Å². The molecule has 1 aliphatic heterocycles. The summed E-state index contributed by atoms with van der Waals surface area (Å²) in [6.07, 6.45) is 0. The minimum atomic E-state index is -0.935. The maximum Gasteiger partial charge on any atom is 0.337 e. The number of hydrogen-bond donors (Lipinski definition) is 2. The smallest absolute Gasteiger partial charge is 0.337 e. The van der Waals surface area contributed by atoms with Crippen LogP contribution in [0, 0.1) is 6.92 Å². The second-order valence-electron chi connectivity index (χ2n) is 6.52. The minimum Gasteiger partial charge on any atom is -0.497 e. The van der Waals surface area contributed by atoms with Crippen LogP contribution in [-0.4, -0.2) is 24.9 Å². The molecule has 0 aliphatic carbocycles. The highest BCUT2D eigenvalue weighted by molar-refractivity contribution is 7.99. The molecular formula is C22H20N2O3S. The number of carboxylic acid groups (broad SMARTS) is 1. The minimum absolute atomic E-state index is 0.289. The molecule has 3 aromatic carbocycles. The first-order chi connectivity index (χ1) is 13.6. The molecule has 1 heterocycles. The Bertz CT molecular complexity index is 1030. The van der Waals surface area contributed by atoms with E-state index in [0.717, 1.165) is 26.9 Å².